The van der Waals surface area contributed by atoms with Crippen LogP contribution in [0.3, 0.4) is 0 Å². The average molecular weight is 297 g/mol. The molecule has 1 N–H and O–H groups in total. The second kappa shape index (κ2) is 5.58. The maximum absolute atomic E-state index is 11.5. The van der Waals surface area contributed by atoms with E-state index in [9.17, 15) is 13.2 Å². The number of hydrogen-bond acceptors (Lipinski definition) is 6. The van der Waals surface area contributed by atoms with Crippen LogP contribution in [0.2, 0.25) is 0 Å². The van der Waals surface area contributed by atoms with E-state index in [1.165, 1.54) is 18.5 Å². The summed E-state index contributed by atoms with van der Waals surface area (Å²) in [6.45, 7) is 2.19. The Morgan fingerprint density at radius 2 is 2.10 bits per heavy atom. The minimum absolute atomic E-state index is 0.0943. The van der Waals surface area contributed by atoms with Gasteiger partial charge in [0.25, 0.3) is 0 Å². The van der Waals surface area contributed by atoms with Gasteiger partial charge in [0.1, 0.15) is 0 Å². The third-order valence-electron chi connectivity index (χ3n) is 3.00. The van der Waals surface area contributed by atoms with Gasteiger partial charge in [-0.1, -0.05) is 0 Å². The molecule has 0 saturated carbocycles. The average Bonchev–Trinajstić information content (AvgIpc) is 2.36. The van der Waals surface area contributed by atoms with Crippen LogP contribution in [0.4, 0.5) is 5.95 Å². The summed E-state index contributed by atoms with van der Waals surface area (Å²) in [7, 11) is -2.97. The Kier molecular flexibility index (Phi) is 4.03. The highest BCUT2D eigenvalue weighted by Gasteiger charge is 2.29. The number of anilines is 1. The van der Waals surface area contributed by atoms with Crippen molar-refractivity contribution in [3.8, 4) is 0 Å². The van der Waals surface area contributed by atoms with Gasteiger partial charge in [-0.25, -0.2) is 23.2 Å². The van der Waals surface area contributed by atoms with Crippen LogP contribution in [-0.4, -0.2) is 53.6 Å². The van der Waals surface area contributed by atoms with Gasteiger partial charge in [-0.15, -0.1) is 0 Å². The van der Waals surface area contributed by atoms with Crippen LogP contribution in [0.25, 0.3) is 6.08 Å². The lowest BCUT2D eigenvalue weighted by atomic mass is 10.3. The normalized spacial score (nSPS) is 22.1. The van der Waals surface area contributed by atoms with Crippen molar-refractivity contribution in [3.05, 3.63) is 24.0 Å². The molecule has 1 aromatic rings. The number of rotatable bonds is 3. The predicted molar refractivity (Wildman–Crippen MR) is 74.2 cm³/mol. The van der Waals surface area contributed by atoms with Gasteiger partial charge in [0.05, 0.1) is 11.5 Å². The molecule has 1 fully saturated rings. The summed E-state index contributed by atoms with van der Waals surface area (Å²) >= 11 is 0. The fourth-order valence-corrected chi connectivity index (χ4v) is 3.59. The number of sulfone groups is 1. The first kappa shape index (κ1) is 14.4. The van der Waals surface area contributed by atoms with Gasteiger partial charge in [0, 0.05) is 36.6 Å². The fraction of sp³-hybridized carbons (Fsp3) is 0.417. The summed E-state index contributed by atoms with van der Waals surface area (Å²) in [5, 5.41) is 8.52. The highest BCUT2D eigenvalue weighted by molar-refractivity contribution is 7.91. The number of nitrogens with zero attached hydrogens (tertiary/aromatic N) is 3. The zero-order chi connectivity index (χ0) is 14.8. The maximum Gasteiger partial charge on any atom is 0.328 e. The Balaban J connectivity index is 2.12. The first-order valence-electron chi connectivity index (χ1n) is 6.07. The monoisotopic (exact) mass is 297 g/mol. The summed E-state index contributed by atoms with van der Waals surface area (Å²) < 4.78 is 23.0. The standard InChI is InChI=1S/C12H15N3O4S/c1-9-8-20(18,19)5-4-15(9)12-13-6-10(7-14-12)2-3-11(16)17/h2-3,6-7,9H,4-5,8H2,1H3,(H,16,17)/b3-2+. The van der Waals surface area contributed by atoms with Gasteiger partial charge in [-0.2, -0.15) is 0 Å². The second-order valence-electron chi connectivity index (χ2n) is 4.64. The maximum atomic E-state index is 11.5. The van der Waals surface area contributed by atoms with Crippen molar-refractivity contribution >= 4 is 27.8 Å². The molecule has 1 aliphatic heterocycles. The number of carbonyl (C=O) groups is 1. The van der Waals surface area contributed by atoms with Gasteiger partial charge >= 0.3 is 5.97 Å². The molecular formula is C12H15N3O4S. The van der Waals surface area contributed by atoms with Crippen molar-refractivity contribution in [2.75, 3.05) is 23.0 Å². The molecule has 20 heavy (non-hydrogen) atoms. The smallest absolute Gasteiger partial charge is 0.328 e. The second-order valence-corrected chi connectivity index (χ2v) is 6.87. The molecule has 1 atom stereocenters. The lowest BCUT2D eigenvalue weighted by molar-refractivity contribution is -0.131. The zero-order valence-electron chi connectivity index (χ0n) is 10.9. The van der Waals surface area contributed by atoms with E-state index in [0.717, 1.165) is 6.08 Å². The summed E-state index contributed by atoms with van der Waals surface area (Å²) in [5.74, 6) is -0.387. The lowest BCUT2D eigenvalue weighted by Gasteiger charge is -2.32. The highest BCUT2D eigenvalue weighted by atomic mass is 32.2. The summed E-state index contributed by atoms with van der Waals surface area (Å²) in [6.07, 6.45) is 5.43. The molecule has 1 aliphatic rings. The Morgan fingerprint density at radius 3 is 2.65 bits per heavy atom. The molecule has 0 radical (unpaired) electrons. The van der Waals surface area contributed by atoms with E-state index in [4.69, 9.17) is 5.11 Å². The summed E-state index contributed by atoms with van der Waals surface area (Å²) in [6, 6.07) is -0.172. The molecule has 1 aromatic heterocycles. The van der Waals surface area contributed by atoms with Gasteiger partial charge in [-0.3, -0.25) is 0 Å². The predicted octanol–water partition coefficient (Wildman–Crippen LogP) is 0.198. The largest absolute Gasteiger partial charge is 0.478 e. The number of carboxylic acids is 1. The molecule has 0 aliphatic carbocycles. The Bertz CT molecular complexity index is 625. The molecule has 0 spiro atoms. The quantitative estimate of drug-likeness (QED) is 0.795. The number of aromatic nitrogens is 2. The van der Waals surface area contributed by atoms with E-state index in [1.54, 1.807) is 0 Å². The van der Waals surface area contributed by atoms with Crippen LogP contribution in [-0.2, 0) is 14.6 Å². The van der Waals surface area contributed by atoms with Gasteiger partial charge < -0.3 is 10.0 Å². The Hall–Kier alpha value is -1.96. The van der Waals surface area contributed by atoms with Gasteiger partial charge in [-0.05, 0) is 13.0 Å². The van der Waals surface area contributed by atoms with E-state index < -0.39 is 15.8 Å². The van der Waals surface area contributed by atoms with Crippen LogP contribution in [0.15, 0.2) is 18.5 Å². The van der Waals surface area contributed by atoms with Crippen LogP contribution in [0, 0.1) is 0 Å². The number of aliphatic carboxylic acids is 1. The van der Waals surface area contributed by atoms with Gasteiger partial charge in [0.2, 0.25) is 5.95 Å². The topological polar surface area (TPSA) is 100 Å². The molecule has 0 amide bonds. The van der Waals surface area contributed by atoms with Gasteiger partial charge in [0.15, 0.2) is 9.84 Å². The SMILES string of the molecule is CC1CS(=O)(=O)CCN1c1ncc(/C=C/C(=O)O)cn1. The molecule has 2 heterocycles. The summed E-state index contributed by atoms with van der Waals surface area (Å²) in [4.78, 5) is 20.5. The fourth-order valence-electron chi connectivity index (χ4n) is 2.03. The minimum atomic E-state index is -2.97. The first-order valence-corrected chi connectivity index (χ1v) is 7.90. The summed E-state index contributed by atoms with van der Waals surface area (Å²) in [5.41, 5.74) is 0.577. The van der Waals surface area contributed by atoms with E-state index in [0.29, 0.717) is 18.1 Å². The third-order valence-corrected chi connectivity index (χ3v) is 4.80. The van der Waals surface area contributed by atoms with Crippen molar-refractivity contribution in [2.45, 2.75) is 13.0 Å². The van der Waals surface area contributed by atoms with Crippen LogP contribution < -0.4 is 4.90 Å². The molecule has 1 unspecified atom stereocenters. The van der Waals surface area contributed by atoms with Crippen molar-refractivity contribution in [1.82, 2.24) is 9.97 Å². The van der Waals surface area contributed by atoms with E-state index in [1.807, 2.05) is 11.8 Å². The molecule has 7 nitrogen and oxygen atoms in total. The van der Waals surface area contributed by atoms with Crippen LogP contribution >= 0.6 is 0 Å². The lowest BCUT2D eigenvalue weighted by Crippen LogP contribution is -2.47. The van der Waals surface area contributed by atoms with Crippen molar-refractivity contribution in [3.63, 3.8) is 0 Å². The van der Waals surface area contributed by atoms with Crippen molar-refractivity contribution in [2.24, 2.45) is 0 Å². The molecule has 1 saturated heterocycles. The Morgan fingerprint density at radius 1 is 1.45 bits per heavy atom. The van der Waals surface area contributed by atoms with Crippen LogP contribution in [0.1, 0.15) is 12.5 Å². The van der Waals surface area contributed by atoms with E-state index >= 15 is 0 Å². The Labute approximate surface area is 116 Å². The van der Waals surface area contributed by atoms with Crippen LogP contribution in [0.5, 0.6) is 0 Å². The van der Waals surface area contributed by atoms with E-state index in [-0.39, 0.29) is 17.5 Å². The molecule has 8 heteroatoms. The molecule has 108 valence electrons. The molecule has 0 aromatic carbocycles. The number of hydrogen-bond donors (Lipinski definition) is 1. The third kappa shape index (κ3) is 3.53. The highest BCUT2D eigenvalue weighted by Crippen LogP contribution is 2.17. The van der Waals surface area contributed by atoms with Crippen molar-refractivity contribution in [1.29, 1.82) is 0 Å². The minimum Gasteiger partial charge on any atom is -0.478 e. The molecular weight excluding hydrogens is 282 g/mol. The first-order chi connectivity index (χ1) is 9.37. The van der Waals surface area contributed by atoms with E-state index in [2.05, 4.69) is 9.97 Å². The molecule has 2 rings (SSSR count). The van der Waals surface area contributed by atoms with Crippen molar-refractivity contribution < 1.29 is 18.3 Å². The zero-order valence-corrected chi connectivity index (χ0v) is 11.7. The molecule has 0 bridgehead atoms. The number of carboxylic acid groups (broad SMARTS) is 1.